The van der Waals surface area contributed by atoms with E-state index in [0.717, 1.165) is 24.2 Å². The molecule has 3 rings (SSSR count). The molecule has 0 unspecified atom stereocenters. The van der Waals surface area contributed by atoms with E-state index < -0.39 is 5.82 Å². The fourth-order valence-electron chi connectivity index (χ4n) is 3.26. The van der Waals surface area contributed by atoms with E-state index in [1.807, 2.05) is 13.8 Å². The number of fused-ring (bicyclic) bond motifs is 1. The van der Waals surface area contributed by atoms with Crippen LogP contribution in [0.2, 0.25) is 0 Å². The Balaban J connectivity index is 1.80. The lowest BCUT2D eigenvalue weighted by molar-refractivity contribution is -0.119. The molecule has 26 heavy (non-hydrogen) atoms. The average molecular weight is 358 g/mol. The molecule has 1 saturated heterocycles. The molecule has 1 aromatic carbocycles. The molecule has 1 aromatic heterocycles. The van der Waals surface area contributed by atoms with Gasteiger partial charge < -0.3 is 10.2 Å². The highest BCUT2D eigenvalue weighted by molar-refractivity contribution is 6.04. The van der Waals surface area contributed by atoms with E-state index >= 15 is 0 Å². The number of nitrogens with zero attached hydrogens (tertiary/aromatic N) is 3. The Bertz CT molecular complexity index is 860. The molecule has 0 aliphatic carbocycles. The summed E-state index contributed by atoms with van der Waals surface area (Å²) < 4.78 is 14.0. The van der Waals surface area contributed by atoms with Crippen LogP contribution in [-0.4, -0.2) is 46.3 Å². The Hall–Kier alpha value is -2.57. The largest absolute Gasteiger partial charge is 0.356 e. The molecule has 6 nitrogen and oxygen atoms in total. The summed E-state index contributed by atoms with van der Waals surface area (Å²) in [7, 11) is 0. The molecular formula is C19H23FN4O2. The standard InChI is InChI=1S/C19H23FN4O2/c1-11-12(2)23-18-16(8-15(20)9-17(18)22-11)19(26)24-6-4-14(5-7-24)10-21-13(3)25/h8-9,14H,4-7,10H2,1-3H3,(H,21,25). The van der Waals surface area contributed by atoms with Crippen molar-refractivity contribution in [1.82, 2.24) is 20.2 Å². The molecule has 138 valence electrons. The van der Waals surface area contributed by atoms with Crippen molar-refractivity contribution in [3.05, 3.63) is 34.9 Å². The Morgan fingerprint density at radius 3 is 2.50 bits per heavy atom. The van der Waals surface area contributed by atoms with Crippen LogP contribution in [0.15, 0.2) is 12.1 Å². The zero-order valence-electron chi connectivity index (χ0n) is 15.3. The number of carbonyl (C=O) groups excluding carboxylic acids is 2. The van der Waals surface area contributed by atoms with Gasteiger partial charge in [-0.3, -0.25) is 9.59 Å². The van der Waals surface area contributed by atoms with Crippen molar-refractivity contribution < 1.29 is 14.0 Å². The van der Waals surface area contributed by atoms with Gasteiger partial charge in [-0.25, -0.2) is 14.4 Å². The number of halogens is 1. The zero-order chi connectivity index (χ0) is 18.8. The van der Waals surface area contributed by atoms with Crippen LogP contribution >= 0.6 is 0 Å². The second-order valence-electron chi connectivity index (χ2n) is 6.89. The number of aryl methyl sites for hydroxylation is 2. The molecule has 2 amide bonds. The van der Waals surface area contributed by atoms with E-state index in [-0.39, 0.29) is 17.4 Å². The molecule has 2 aromatic rings. The van der Waals surface area contributed by atoms with E-state index in [0.29, 0.717) is 36.6 Å². The van der Waals surface area contributed by atoms with E-state index in [1.165, 1.54) is 19.1 Å². The van der Waals surface area contributed by atoms with Gasteiger partial charge in [0, 0.05) is 32.6 Å². The molecule has 1 fully saturated rings. The zero-order valence-corrected chi connectivity index (χ0v) is 15.3. The summed E-state index contributed by atoms with van der Waals surface area (Å²) in [5, 5.41) is 2.82. The third-order valence-corrected chi connectivity index (χ3v) is 4.92. The number of nitrogens with one attached hydrogen (secondary N) is 1. The molecule has 0 spiro atoms. The molecular weight excluding hydrogens is 335 g/mol. The Kier molecular flexibility index (Phi) is 5.15. The molecule has 1 aliphatic heterocycles. The highest BCUT2D eigenvalue weighted by Crippen LogP contribution is 2.23. The molecule has 0 radical (unpaired) electrons. The number of benzene rings is 1. The maximum Gasteiger partial charge on any atom is 0.256 e. The third-order valence-electron chi connectivity index (χ3n) is 4.92. The predicted molar refractivity (Wildman–Crippen MR) is 96.3 cm³/mol. The summed E-state index contributed by atoms with van der Waals surface area (Å²) in [4.78, 5) is 34.6. The Morgan fingerprint density at radius 1 is 1.19 bits per heavy atom. The summed E-state index contributed by atoms with van der Waals surface area (Å²) >= 11 is 0. The lowest BCUT2D eigenvalue weighted by Crippen LogP contribution is -2.41. The Morgan fingerprint density at radius 2 is 1.85 bits per heavy atom. The minimum Gasteiger partial charge on any atom is -0.356 e. The number of rotatable bonds is 3. The maximum absolute atomic E-state index is 14.0. The normalized spacial score (nSPS) is 15.3. The van der Waals surface area contributed by atoms with Gasteiger partial charge in [0.25, 0.3) is 5.91 Å². The highest BCUT2D eigenvalue weighted by Gasteiger charge is 2.26. The van der Waals surface area contributed by atoms with Gasteiger partial charge in [0.2, 0.25) is 5.91 Å². The van der Waals surface area contributed by atoms with Gasteiger partial charge >= 0.3 is 0 Å². The smallest absolute Gasteiger partial charge is 0.256 e. The van der Waals surface area contributed by atoms with Crippen LogP contribution in [-0.2, 0) is 4.79 Å². The highest BCUT2D eigenvalue weighted by atomic mass is 19.1. The van der Waals surface area contributed by atoms with Crippen molar-refractivity contribution in [3.8, 4) is 0 Å². The topological polar surface area (TPSA) is 75.2 Å². The molecule has 0 bridgehead atoms. The van der Waals surface area contributed by atoms with Crippen LogP contribution in [0.3, 0.4) is 0 Å². The minimum absolute atomic E-state index is 0.0426. The number of piperidine rings is 1. The fraction of sp³-hybridized carbons (Fsp3) is 0.474. The first-order valence-electron chi connectivity index (χ1n) is 8.83. The first-order chi connectivity index (χ1) is 12.3. The van der Waals surface area contributed by atoms with Gasteiger partial charge in [0.1, 0.15) is 11.3 Å². The molecule has 0 saturated carbocycles. The van der Waals surface area contributed by atoms with Gasteiger partial charge in [-0.2, -0.15) is 0 Å². The molecule has 2 heterocycles. The summed E-state index contributed by atoms with van der Waals surface area (Å²) in [6, 6.07) is 2.56. The monoisotopic (exact) mass is 358 g/mol. The van der Waals surface area contributed by atoms with Crippen molar-refractivity contribution >= 4 is 22.8 Å². The number of aromatic nitrogens is 2. The van der Waals surface area contributed by atoms with Crippen molar-refractivity contribution in [1.29, 1.82) is 0 Å². The fourth-order valence-corrected chi connectivity index (χ4v) is 3.26. The number of hydrogen-bond acceptors (Lipinski definition) is 4. The second-order valence-corrected chi connectivity index (χ2v) is 6.89. The summed E-state index contributed by atoms with van der Waals surface area (Å²) in [6.07, 6.45) is 1.62. The van der Waals surface area contributed by atoms with E-state index in [1.54, 1.807) is 4.90 Å². The number of carbonyl (C=O) groups is 2. The van der Waals surface area contributed by atoms with Gasteiger partial charge in [-0.1, -0.05) is 0 Å². The van der Waals surface area contributed by atoms with Crippen LogP contribution in [0.25, 0.3) is 11.0 Å². The van der Waals surface area contributed by atoms with Gasteiger partial charge in [-0.05, 0) is 38.7 Å². The third kappa shape index (κ3) is 3.81. The van der Waals surface area contributed by atoms with E-state index in [4.69, 9.17) is 0 Å². The molecule has 7 heteroatoms. The number of amides is 2. The number of likely N-dealkylation sites (tertiary alicyclic amines) is 1. The quantitative estimate of drug-likeness (QED) is 0.914. The maximum atomic E-state index is 14.0. The van der Waals surface area contributed by atoms with Gasteiger partial charge in [-0.15, -0.1) is 0 Å². The second kappa shape index (κ2) is 7.35. The Labute approximate surface area is 151 Å². The van der Waals surface area contributed by atoms with Crippen LogP contribution in [0.4, 0.5) is 4.39 Å². The molecule has 1 aliphatic rings. The minimum atomic E-state index is -0.487. The molecule has 0 atom stereocenters. The van der Waals surface area contributed by atoms with E-state index in [2.05, 4.69) is 15.3 Å². The van der Waals surface area contributed by atoms with Crippen LogP contribution in [0.1, 0.15) is 41.5 Å². The predicted octanol–water partition coefficient (Wildman–Crippen LogP) is 2.37. The first kappa shape index (κ1) is 18.2. The summed E-state index contributed by atoms with van der Waals surface area (Å²) in [5.41, 5.74) is 2.56. The van der Waals surface area contributed by atoms with Gasteiger partial charge in [0.05, 0.1) is 22.5 Å². The number of hydrogen-bond donors (Lipinski definition) is 1. The first-order valence-corrected chi connectivity index (χ1v) is 8.83. The van der Waals surface area contributed by atoms with Gasteiger partial charge in [0.15, 0.2) is 0 Å². The van der Waals surface area contributed by atoms with Crippen molar-refractivity contribution in [2.75, 3.05) is 19.6 Å². The van der Waals surface area contributed by atoms with E-state index in [9.17, 15) is 14.0 Å². The SMILES string of the molecule is CC(=O)NCC1CCN(C(=O)c2cc(F)cc3nc(C)c(C)nc23)CC1. The van der Waals surface area contributed by atoms with Crippen molar-refractivity contribution in [2.45, 2.75) is 33.6 Å². The molecule has 1 N–H and O–H groups in total. The summed E-state index contributed by atoms with van der Waals surface area (Å²) in [5.74, 6) is -0.389. The summed E-state index contributed by atoms with van der Waals surface area (Å²) in [6.45, 7) is 6.93. The van der Waals surface area contributed by atoms with Crippen LogP contribution < -0.4 is 5.32 Å². The average Bonchev–Trinajstić information content (AvgIpc) is 2.60. The van der Waals surface area contributed by atoms with Crippen molar-refractivity contribution in [2.24, 2.45) is 5.92 Å². The van der Waals surface area contributed by atoms with Crippen LogP contribution in [0, 0.1) is 25.6 Å². The van der Waals surface area contributed by atoms with Crippen molar-refractivity contribution in [3.63, 3.8) is 0 Å². The lowest BCUT2D eigenvalue weighted by atomic mass is 9.96. The van der Waals surface area contributed by atoms with Crippen LogP contribution in [0.5, 0.6) is 0 Å². The lowest BCUT2D eigenvalue weighted by Gasteiger charge is -2.32.